The Labute approximate surface area is 196 Å². The molecule has 0 aliphatic carbocycles. The van der Waals surface area contributed by atoms with Crippen LogP contribution in [-0.2, 0) is 9.59 Å². The van der Waals surface area contributed by atoms with Gasteiger partial charge in [-0.2, -0.15) is 5.10 Å². The summed E-state index contributed by atoms with van der Waals surface area (Å²) in [6.07, 6.45) is 1.35. The molecule has 0 aliphatic rings. The average molecular weight is 451 g/mol. The van der Waals surface area contributed by atoms with Crippen LogP contribution in [0.5, 0.6) is 5.75 Å². The molecular weight excluding hydrogens is 430 g/mol. The summed E-state index contributed by atoms with van der Waals surface area (Å²) >= 11 is 0. The number of fused-ring (bicyclic) bond motifs is 1. The zero-order valence-corrected chi connectivity index (χ0v) is 18.3. The van der Waals surface area contributed by atoms with Crippen molar-refractivity contribution < 1.29 is 19.1 Å². The van der Waals surface area contributed by atoms with Crippen molar-refractivity contribution in [1.29, 1.82) is 0 Å². The number of amides is 2. The van der Waals surface area contributed by atoms with Crippen molar-refractivity contribution in [2.75, 3.05) is 5.32 Å². The first kappa shape index (κ1) is 22.4. The number of esters is 1. The van der Waals surface area contributed by atoms with Crippen LogP contribution in [-0.4, -0.2) is 24.0 Å². The number of hydrazone groups is 1. The van der Waals surface area contributed by atoms with Gasteiger partial charge < -0.3 is 10.1 Å². The summed E-state index contributed by atoms with van der Waals surface area (Å²) in [6, 6.07) is 26.6. The summed E-state index contributed by atoms with van der Waals surface area (Å²) in [7, 11) is 0. The predicted octanol–water partition coefficient (Wildman–Crippen LogP) is 4.46. The van der Waals surface area contributed by atoms with Crippen LogP contribution in [0.15, 0.2) is 96.1 Å². The van der Waals surface area contributed by atoms with Gasteiger partial charge in [-0.1, -0.05) is 66.2 Å². The molecule has 0 fully saturated rings. The number of hydrogen-bond acceptors (Lipinski definition) is 5. The molecule has 0 aliphatic heterocycles. The van der Waals surface area contributed by atoms with E-state index in [0.29, 0.717) is 16.8 Å². The first-order chi connectivity index (χ1) is 16.5. The van der Waals surface area contributed by atoms with Gasteiger partial charge in [-0.25, -0.2) is 10.2 Å². The van der Waals surface area contributed by atoms with Gasteiger partial charge in [0.2, 0.25) is 0 Å². The fraction of sp³-hybridized carbons (Fsp3) is 0.0370. The van der Waals surface area contributed by atoms with E-state index in [0.717, 1.165) is 16.3 Å². The maximum atomic E-state index is 12.6. The van der Waals surface area contributed by atoms with Gasteiger partial charge in [-0.05, 0) is 48.0 Å². The number of aryl methyl sites for hydroxylation is 1. The topological polar surface area (TPSA) is 96.9 Å². The third kappa shape index (κ3) is 5.34. The Morgan fingerprint density at radius 3 is 2.26 bits per heavy atom. The molecule has 7 nitrogen and oxygen atoms in total. The highest BCUT2D eigenvalue weighted by Gasteiger charge is 2.15. The minimum Gasteiger partial charge on any atom is -0.422 e. The highest BCUT2D eigenvalue weighted by Crippen LogP contribution is 2.27. The van der Waals surface area contributed by atoms with Gasteiger partial charge in [0.05, 0.1) is 11.8 Å². The van der Waals surface area contributed by atoms with Crippen LogP contribution < -0.4 is 15.5 Å². The lowest BCUT2D eigenvalue weighted by Crippen LogP contribution is -2.32. The molecule has 0 unspecified atom stereocenters. The first-order valence-corrected chi connectivity index (χ1v) is 10.5. The number of rotatable bonds is 5. The minimum atomic E-state index is -0.931. The van der Waals surface area contributed by atoms with E-state index in [2.05, 4.69) is 15.8 Å². The van der Waals surface area contributed by atoms with Crippen molar-refractivity contribution in [2.45, 2.75) is 6.92 Å². The van der Waals surface area contributed by atoms with E-state index in [4.69, 9.17) is 4.74 Å². The largest absolute Gasteiger partial charge is 0.422 e. The lowest BCUT2D eigenvalue weighted by Gasteiger charge is -2.10. The highest BCUT2D eigenvalue weighted by molar-refractivity contribution is 6.39. The molecule has 0 saturated heterocycles. The van der Waals surface area contributed by atoms with Crippen LogP contribution in [0, 0.1) is 6.92 Å². The zero-order valence-electron chi connectivity index (χ0n) is 18.3. The average Bonchev–Trinajstić information content (AvgIpc) is 2.86. The summed E-state index contributed by atoms with van der Waals surface area (Å²) in [5, 5.41) is 8.10. The first-order valence-electron chi connectivity index (χ1n) is 10.5. The van der Waals surface area contributed by atoms with Gasteiger partial charge in [0.15, 0.2) is 0 Å². The van der Waals surface area contributed by atoms with Crippen LogP contribution >= 0.6 is 0 Å². The molecular formula is C27H21N3O4. The molecule has 7 heteroatoms. The van der Waals surface area contributed by atoms with Gasteiger partial charge in [-0.15, -0.1) is 0 Å². The summed E-state index contributed by atoms with van der Waals surface area (Å²) in [6.45, 7) is 1.92. The maximum Gasteiger partial charge on any atom is 0.343 e. The van der Waals surface area contributed by atoms with Crippen molar-refractivity contribution in [3.05, 3.63) is 108 Å². The van der Waals surface area contributed by atoms with E-state index < -0.39 is 17.8 Å². The Kier molecular flexibility index (Phi) is 6.74. The molecule has 34 heavy (non-hydrogen) atoms. The smallest absolute Gasteiger partial charge is 0.343 e. The summed E-state index contributed by atoms with van der Waals surface area (Å²) in [4.78, 5) is 36.9. The third-order valence-electron chi connectivity index (χ3n) is 5.02. The monoisotopic (exact) mass is 451 g/mol. The predicted molar refractivity (Wildman–Crippen MR) is 131 cm³/mol. The number of nitrogens with zero attached hydrogens (tertiary/aromatic N) is 1. The third-order valence-corrected chi connectivity index (χ3v) is 5.02. The standard InChI is InChI=1S/C27H21N3O4/c1-18-11-14-21(15-12-18)29-25(31)26(32)30-28-17-23-22-10-6-5-7-19(22)13-16-24(23)34-27(33)20-8-3-2-4-9-20/h2-17H,1H3,(H,29,31)(H,30,32). The molecule has 168 valence electrons. The summed E-state index contributed by atoms with van der Waals surface area (Å²) in [5.74, 6) is -2.03. The highest BCUT2D eigenvalue weighted by atomic mass is 16.5. The maximum absolute atomic E-state index is 12.6. The van der Waals surface area contributed by atoms with Crippen molar-refractivity contribution in [2.24, 2.45) is 5.10 Å². The molecule has 4 aromatic rings. The van der Waals surface area contributed by atoms with Gasteiger partial charge in [0, 0.05) is 11.3 Å². The number of carbonyl (C=O) groups is 3. The van der Waals surface area contributed by atoms with E-state index in [-0.39, 0.29) is 5.75 Å². The van der Waals surface area contributed by atoms with E-state index in [1.165, 1.54) is 6.21 Å². The summed E-state index contributed by atoms with van der Waals surface area (Å²) < 4.78 is 5.61. The Bertz CT molecular complexity index is 1380. The van der Waals surface area contributed by atoms with E-state index >= 15 is 0 Å². The molecule has 0 bridgehead atoms. The SMILES string of the molecule is Cc1ccc(NC(=O)C(=O)NN=Cc2c(OC(=O)c3ccccc3)ccc3ccccc23)cc1. The lowest BCUT2D eigenvalue weighted by molar-refractivity contribution is -0.136. The van der Waals surface area contributed by atoms with Crippen molar-refractivity contribution in [3.63, 3.8) is 0 Å². The number of anilines is 1. The normalized spacial score (nSPS) is 10.7. The minimum absolute atomic E-state index is 0.273. The van der Waals surface area contributed by atoms with Crippen LogP contribution in [0.1, 0.15) is 21.5 Å². The molecule has 0 atom stereocenters. The van der Waals surface area contributed by atoms with Crippen LogP contribution in [0.4, 0.5) is 5.69 Å². The molecule has 0 spiro atoms. The Balaban J connectivity index is 1.53. The fourth-order valence-electron chi connectivity index (χ4n) is 3.26. The summed E-state index contributed by atoms with van der Waals surface area (Å²) in [5.41, 5.74) is 4.64. The second kappa shape index (κ2) is 10.2. The van der Waals surface area contributed by atoms with Crippen LogP contribution in [0.3, 0.4) is 0 Å². The fourth-order valence-corrected chi connectivity index (χ4v) is 3.26. The van der Waals surface area contributed by atoms with Crippen molar-refractivity contribution >= 4 is 40.5 Å². The van der Waals surface area contributed by atoms with Gasteiger partial charge in [0.25, 0.3) is 0 Å². The molecule has 4 aromatic carbocycles. The van der Waals surface area contributed by atoms with Crippen LogP contribution in [0.25, 0.3) is 10.8 Å². The second-order valence-corrected chi connectivity index (χ2v) is 7.47. The van der Waals surface area contributed by atoms with Gasteiger partial charge in [-0.3, -0.25) is 9.59 Å². The molecule has 2 amide bonds. The van der Waals surface area contributed by atoms with E-state index in [1.54, 1.807) is 42.5 Å². The number of carbonyl (C=O) groups excluding carboxylic acids is 3. The van der Waals surface area contributed by atoms with Gasteiger partial charge in [0.1, 0.15) is 5.75 Å². The van der Waals surface area contributed by atoms with E-state index in [1.807, 2.05) is 55.5 Å². The quantitative estimate of drug-likeness (QED) is 0.154. The molecule has 0 radical (unpaired) electrons. The van der Waals surface area contributed by atoms with E-state index in [9.17, 15) is 14.4 Å². The van der Waals surface area contributed by atoms with Crippen molar-refractivity contribution in [1.82, 2.24) is 5.43 Å². The zero-order chi connectivity index (χ0) is 23.9. The van der Waals surface area contributed by atoms with Crippen molar-refractivity contribution in [3.8, 4) is 5.75 Å². The Hall–Kier alpha value is -4.78. The number of ether oxygens (including phenoxy) is 1. The molecule has 2 N–H and O–H groups in total. The molecule has 0 saturated carbocycles. The second-order valence-electron chi connectivity index (χ2n) is 7.47. The lowest BCUT2D eigenvalue weighted by atomic mass is 10.0. The Morgan fingerprint density at radius 2 is 1.50 bits per heavy atom. The number of hydrogen-bond donors (Lipinski definition) is 2. The molecule has 4 rings (SSSR count). The Morgan fingerprint density at radius 1 is 0.794 bits per heavy atom. The number of benzene rings is 4. The van der Waals surface area contributed by atoms with Gasteiger partial charge >= 0.3 is 17.8 Å². The number of nitrogens with one attached hydrogen (secondary N) is 2. The molecule has 0 aromatic heterocycles. The van der Waals surface area contributed by atoms with Crippen LogP contribution in [0.2, 0.25) is 0 Å². The molecule has 0 heterocycles.